The quantitative estimate of drug-likeness (QED) is 0.423. The monoisotopic (exact) mass is 462 g/mol. The first-order valence-corrected chi connectivity index (χ1v) is 12.4. The van der Waals surface area contributed by atoms with E-state index in [1.54, 1.807) is 11.0 Å². The summed E-state index contributed by atoms with van der Waals surface area (Å²) < 4.78 is 12.0. The molecule has 1 amide bonds. The van der Waals surface area contributed by atoms with Gasteiger partial charge in [-0.05, 0) is 61.3 Å². The third-order valence-electron chi connectivity index (χ3n) is 6.64. The minimum atomic E-state index is -0.505. The van der Waals surface area contributed by atoms with E-state index in [0.717, 1.165) is 49.4 Å². The number of ether oxygens (including phenoxy) is 1. The fourth-order valence-corrected chi connectivity index (χ4v) is 4.65. The number of fused-ring (bicyclic) bond motifs is 2. The molecule has 4 rings (SSSR count). The first kappa shape index (κ1) is 24.0. The lowest BCUT2D eigenvalue weighted by Crippen LogP contribution is -2.37. The Morgan fingerprint density at radius 3 is 2.53 bits per heavy atom. The van der Waals surface area contributed by atoms with E-state index in [-0.39, 0.29) is 17.1 Å². The lowest BCUT2D eigenvalue weighted by Gasteiger charge is -2.28. The van der Waals surface area contributed by atoms with E-state index in [0.29, 0.717) is 29.7 Å². The predicted molar refractivity (Wildman–Crippen MR) is 135 cm³/mol. The molecule has 6 nitrogen and oxygen atoms in total. The molecule has 0 N–H and O–H groups in total. The van der Waals surface area contributed by atoms with Crippen molar-refractivity contribution in [3.8, 4) is 5.75 Å². The topological polar surface area (TPSA) is 63.0 Å². The number of hydrogen-bond acceptors (Lipinski definition) is 5. The van der Waals surface area contributed by atoms with Gasteiger partial charge in [0.05, 0.1) is 23.6 Å². The third-order valence-corrected chi connectivity index (χ3v) is 6.64. The summed E-state index contributed by atoms with van der Waals surface area (Å²) in [5.41, 5.74) is 2.68. The first-order chi connectivity index (χ1) is 16.5. The van der Waals surface area contributed by atoms with Crippen molar-refractivity contribution in [2.45, 2.75) is 46.6 Å². The smallest absolute Gasteiger partial charge is 0.290 e. The van der Waals surface area contributed by atoms with E-state index in [1.807, 2.05) is 36.4 Å². The molecule has 0 fully saturated rings. The van der Waals surface area contributed by atoms with E-state index in [4.69, 9.17) is 9.15 Å². The van der Waals surface area contributed by atoms with Gasteiger partial charge in [-0.15, -0.1) is 0 Å². The van der Waals surface area contributed by atoms with E-state index < -0.39 is 6.04 Å². The molecule has 0 spiro atoms. The average molecular weight is 463 g/mol. The van der Waals surface area contributed by atoms with Crippen molar-refractivity contribution in [2.24, 2.45) is 0 Å². The van der Waals surface area contributed by atoms with Crippen LogP contribution in [-0.2, 0) is 6.42 Å². The second-order valence-corrected chi connectivity index (χ2v) is 8.71. The van der Waals surface area contributed by atoms with Crippen LogP contribution in [0, 0.1) is 0 Å². The lowest BCUT2D eigenvalue weighted by molar-refractivity contribution is 0.0708. The SMILES string of the molecule is CCCOc1cccc(C2c3c(oc4ccc(CC)cc4c3=O)C(=O)N2CCN(CC)CC)c1. The molecular weight excluding hydrogens is 428 g/mol. The van der Waals surface area contributed by atoms with Crippen LogP contribution in [0.15, 0.2) is 51.7 Å². The van der Waals surface area contributed by atoms with Crippen LogP contribution < -0.4 is 10.2 Å². The van der Waals surface area contributed by atoms with Gasteiger partial charge >= 0.3 is 0 Å². The van der Waals surface area contributed by atoms with Crippen LogP contribution in [0.5, 0.6) is 5.75 Å². The molecule has 1 aromatic heterocycles. The molecule has 0 saturated heterocycles. The van der Waals surface area contributed by atoms with Crippen molar-refractivity contribution in [3.05, 3.63) is 75.1 Å². The Morgan fingerprint density at radius 2 is 1.82 bits per heavy atom. The zero-order chi connectivity index (χ0) is 24.2. The zero-order valence-corrected chi connectivity index (χ0v) is 20.6. The Morgan fingerprint density at radius 1 is 1.03 bits per heavy atom. The summed E-state index contributed by atoms with van der Waals surface area (Å²) in [6.45, 7) is 12.0. The molecule has 3 aromatic rings. The number of benzene rings is 2. The van der Waals surface area contributed by atoms with Crippen molar-refractivity contribution in [2.75, 3.05) is 32.8 Å². The maximum atomic E-state index is 13.8. The molecule has 34 heavy (non-hydrogen) atoms. The molecule has 1 atom stereocenters. The van der Waals surface area contributed by atoms with Gasteiger partial charge in [0, 0.05) is 13.1 Å². The average Bonchev–Trinajstić information content (AvgIpc) is 3.15. The molecule has 1 unspecified atom stereocenters. The molecule has 0 saturated carbocycles. The van der Waals surface area contributed by atoms with Gasteiger partial charge in [0.2, 0.25) is 5.76 Å². The van der Waals surface area contributed by atoms with E-state index >= 15 is 0 Å². The van der Waals surface area contributed by atoms with Crippen LogP contribution >= 0.6 is 0 Å². The highest BCUT2D eigenvalue weighted by Crippen LogP contribution is 2.39. The summed E-state index contributed by atoms with van der Waals surface area (Å²) in [6, 6.07) is 12.9. The van der Waals surface area contributed by atoms with Crippen LogP contribution in [0.25, 0.3) is 11.0 Å². The number of aryl methyl sites for hydroxylation is 1. The van der Waals surface area contributed by atoms with Gasteiger partial charge in [0.15, 0.2) is 5.43 Å². The highest BCUT2D eigenvalue weighted by atomic mass is 16.5. The number of nitrogens with zero attached hydrogens (tertiary/aromatic N) is 2. The highest BCUT2D eigenvalue weighted by molar-refractivity contribution is 5.99. The van der Waals surface area contributed by atoms with Crippen molar-refractivity contribution >= 4 is 16.9 Å². The Bertz CT molecular complexity index is 1230. The predicted octanol–water partition coefficient (Wildman–Crippen LogP) is 5.03. The summed E-state index contributed by atoms with van der Waals surface area (Å²) in [6.07, 6.45) is 1.72. The Balaban J connectivity index is 1.85. The van der Waals surface area contributed by atoms with Crippen LogP contribution in [0.4, 0.5) is 0 Å². The fraction of sp³-hybridized carbons (Fsp3) is 0.429. The Kier molecular flexibility index (Phi) is 7.37. The second-order valence-electron chi connectivity index (χ2n) is 8.71. The number of hydrogen-bond donors (Lipinski definition) is 0. The van der Waals surface area contributed by atoms with Gasteiger partial charge in [-0.25, -0.2) is 0 Å². The summed E-state index contributed by atoms with van der Waals surface area (Å²) in [5, 5.41) is 0.528. The number of likely N-dealkylation sites (N-methyl/N-ethyl adjacent to an activating group) is 1. The van der Waals surface area contributed by atoms with Crippen LogP contribution in [0.1, 0.15) is 67.4 Å². The summed E-state index contributed by atoms with van der Waals surface area (Å²) >= 11 is 0. The van der Waals surface area contributed by atoms with E-state index in [2.05, 4.69) is 32.6 Å². The highest BCUT2D eigenvalue weighted by Gasteiger charge is 2.42. The first-order valence-electron chi connectivity index (χ1n) is 12.4. The minimum absolute atomic E-state index is 0.130. The van der Waals surface area contributed by atoms with Crippen LogP contribution in [-0.4, -0.2) is 48.5 Å². The molecule has 180 valence electrons. The molecule has 0 bridgehead atoms. The maximum Gasteiger partial charge on any atom is 0.290 e. The molecule has 2 aromatic carbocycles. The minimum Gasteiger partial charge on any atom is -0.494 e. The number of rotatable bonds is 10. The lowest BCUT2D eigenvalue weighted by atomic mass is 9.97. The van der Waals surface area contributed by atoms with Gasteiger partial charge in [0.25, 0.3) is 5.91 Å². The number of carbonyl (C=O) groups excluding carboxylic acids is 1. The zero-order valence-electron chi connectivity index (χ0n) is 20.6. The third kappa shape index (κ3) is 4.47. The molecule has 0 radical (unpaired) electrons. The maximum absolute atomic E-state index is 13.8. The van der Waals surface area contributed by atoms with Crippen molar-refractivity contribution in [3.63, 3.8) is 0 Å². The van der Waals surface area contributed by atoms with Gasteiger partial charge in [-0.3, -0.25) is 9.59 Å². The van der Waals surface area contributed by atoms with E-state index in [9.17, 15) is 9.59 Å². The van der Waals surface area contributed by atoms with Crippen LogP contribution in [0.2, 0.25) is 0 Å². The van der Waals surface area contributed by atoms with Crippen molar-refractivity contribution in [1.29, 1.82) is 0 Å². The van der Waals surface area contributed by atoms with Crippen LogP contribution in [0.3, 0.4) is 0 Å². The largest absolute Gasteiger partial charge is 0.494 e. The normalized spacial score (nSPS) is 15.4. The molecule has 1 aliphatic rings. The molecular formula is C28H34N2O4. The van der Waals surface area contributed by atoms with Gasteiger partial charge < -0.3 is 19.0 Å². The standard InChI is InChI=1S/C28H34N2O4/c1-5-16-33-21-11-9-10-20(18-21)25-24-26(31)22-17-19(6-2)12-13-23(22)34-27(24)28(32)30(25)15-14-29(7-3)8-4/h9-13,17-18,25H,5-8,14-16H2,1-4H3. The Labute approximate surface area is 201 Å². The summed E-state index contributed by atoms with van der Waals surface area (Å²) in [5.74, 6) is 0.666. The second kappa shape index (κ2) is 10.4. The number of amides is 1. The summed E-state index contributed by atoms with van der Waals surface area (Å²) in [4.78, 5) is 31.4. The fourth-order valence-electron chi connectivity index (χ4n) is 4.65. The van der Waals surface area contributed by atoms with E-state index in [1.165, 1.54) is 0 Å². The van der Waals surface area contributed by atoms with Crippen molar-refractivity contribution in [1.82, 2.24) is 9.80 Å². The number of carbonyl (C=O) groups is 1. The molecule has 2 heterocycles. The van der Waals surface area contributed by atoms with Gasteiger partial charge in [0.1, 0.15) is 11.3 Å². The molecule has 1 aliphatic heterocycles. The van der Waals surface area contributed by atoms with Gasteiger partial charge in [-0.2, -0.15) is 0 Å². The van der Waals surface area contributed by atoms with Crippen molar-refractivity contribution < 1.29 is 13.9 Å². The molecule has 6 heteroatoms. The van der Waals surface area contributed by atoms with Gasteiger partial charge in [-0.1, -0.05) is 45.9 Å². The summed E-state index contributed by atoms with van der Waals surface area (Å²) in [7, 11) is 0. The molecule has 0 aliphatic carbocycles. The Hall–Kier alpha value is -3.12.